The van der Waals surface area contributed by atoms with Gasteiger partial charge in [-0.05, 0) is 43.7 Å². The van der Waals surface area contributed by atoms with Crippen LogP contribution in [-0.2, 0) is 22.3 Å². The lowest BCUT2D eigenvalue weighted by Gasteiger charge is -2.32. The number of halogens is 3. The second-order valence-corrected chi connectivity index (χ2v) is 7.88. The lowest BCUT2D eigenvalue weighted by Crippen LogP contribution is -2.45. The fourth-order valence-electron chi connectivity index (χ4n) is 3.70. The summed E-state index contributed by atoms with van der Waals surface area (Å²) in [5, 5.41) is 2.90. The van der Waals surface area contributed by atoms with Gasteiger partial charge in [0.15, 0.2) is 0 Å². The molecule has 1 N–H and O–H groups in total. The number of nitrogens with zero attached hydrogens (tertiary/aromatic N) is 2. The number of alkyl halides is 3. The summed E-state index contributed by atoms with van der Waals surface area (Å²) in [5.74, 6) is -0.275. The molecule has 0 aliphatic carbocycles. The normalized spacial score (nSPS) is 15.2. The molecule has 0 atom stereocenters. The van der Waals surface area contributed by atoms with Crippen molar-refractivity contribution in [2.75, 3.05) is 32.0 Å². The van der Waals surface area contributed by atoms with Crippen LogP contribution in [0.5, 0.6) is 0 Å². The molecule has 5 nitrogen and oxygen atoms in total. The molecule has 0 unspecified atom stereocenters. The van der Waals surface area contributed by atoms with E-state index in [0.717, 1.165) is 17.8 Å². The van der Waals surface area contributed by atoms with E-state index >= 15 is 0 Å². The summed E-state index contributed by atoms with van der Waals surface area (Å²) in [6.07, 6.45) is -3.22. The Morgan fingerprint density at radius 2 is 1.74 bits per heavy atom. The van der Waals surface area contributed by atoms with Gasteiger partial charge in [0.25, 0.3) is 0 Å². The molecule has 0 bridgehead atoms. The Morgan fingerprint density at radius 3 is 2.39 bits per heavy atom. The van der Waals surface area contributed by atoms with Crippen LogP contribution >= 0.6 is 0 Å². The Kier molecular flexibility index (Phi) is 7.33. The molecular formula is C23H26F3N3O2. The van der Waals surface area contributed by atoms with Gasteiger partial charge in [0.05, 0.1) is 12.1 Å². The van der Waals surface area contributed by atoms with E-state index in [2.05, 4.69) is 5.32 Å². The molecule has 166 valence electrons. The number of anilines is 1. The number of likely N-dealkylation sites (N-methyl/N-ethyl adjacent to an activating group) is 1. The molecule has 1 saturated heterocycles. The second-order valence-electron chi connectivity index (χ2n) is 7.88. The van der Waals surface area contributed by atoms with Crippen LogP contribution in [0.3, 0.4) is 0 Å². The van der Waals surface area contributed by atoms with Crippen molar-refractivity contribution in [3.05, 3.63) is 65.7 Å². The minimum absolute atomic E-state index is 0.0417. The van der Waals surface area contributed by atoms with Gasteiger partial charge in [-0.15, -0.1) is 0 Å². The number of hydrogen-bond donors (Lipinski definition) is 1. The van der Waals surface area contributed by atoms with Crippen LogP contribution in [0.2, 0.25) is 0 Å². The minimum atomic E-state index is -4.39. The van der Waals surface area contributed by atoms with E-state index in [4.69, 9.17) is 0 Å². The molecule has 31 heavy (non-hydrogen) atoms. The first-order valence-corrected chi connectivity index (χ1v) is 10.2. The van der Waals surface area contributed by atoms with Crippen molar-refractivity contribution in [1.82, 2.24) is 9.80 Å². The third-order valence-corrected chi connectivity index (χ3v) is 5.37. The van der Waals surface area contributed by atoms with E-state index in [-0.39, 0.29) is 30.8 Å². The quantitative estimate of drug-likeness (QED) is 0.749. The predicted molar refractivity (Wildman–Crippen MR) is 112 cm³/mol. The van der Waals surface area contributed by atoms with Gasteiger partial charge >= 0.3 is 6.18 Å². The number of benzene rings is 2. The highest BCUT2D eigenvalue weighted by molar-refractivity contribution is 5.92. The molecule has 2 amide bonds. The molecule has 0 radical (unpaired) electrons. The Labute approximate surface area is 179 Å². The minimum Gasteiger partial charge on any atom is -0.342 e. The highest BCUT2D eigenvalue weighted by Crippen LogP contribution is 2.29. The van der Waals surface area contributed by atoms with E-state index in [9.17, 15) is 22.8 Å². The summed E-state index contributed by atoms with van der Waals surface area (Å²) in [7, 11) is 1.71. The molecule has 2 aromatic rings. The highest BCUT2D eigenvalue weighted by atomic mass is 19.4. The van der Waals surface area contributed by atoms with E-state index < -0.39 is 11.7 Å². The molecule has 1 fully saturated rings. The first-order chi connectivity index (χ1) is 14.7. The van der Waals surface area contributed by atoms with Crippen LogP contribution < -0.4 is 5.32 Å². The summed E-state index contributed by atoms with van der Waals surface area (Å²) >= 11 is 0. The van der Waals surface area contributed by atoms with Gasteiger partial charge in [-0.3, -0.25) is 14.5 Å². The Balaban J connectivity index is 1.46. The largest absolute Gasteiger partial charge is 0.416 e. The SMILES string of the molecule is CN(CC(=O)N1CCC(C(=O)Nc2ccccc2)CC1)Cc1cccc(C(F)(F)F)c1. The van der Waals surface area contributed by atoms with Crippen molar-refractivity contribution < 1.29 is 22.8 Å². The van der Waals surface area contributed by atoms with Gasteiger partial charge in [-0.25, -0.2) is 0 Å². The van der Waals surface area contributed by atoms with Crippen molar-refractivity contribution >= 4 is 17.5 Å². The molecule has 0 aromatic heterocycles. The summed E-state index contributed by atoms with van der Waals surface area (Å²) in [5.41, 5.74) is 0.559. The van der Waals surface area contributed by atoms with E-state index in [1.54, 1.807) is 22.9 Å². The average Bonchev–Trinajstić information content (AvgIpc) is 2.74. The van der Waals surface area contributed by atoms with Crippen LogP contribution in [0.15, 0.2) is 54.6 Å². The predicted octanol–water partition coefficient (Wildman–Crippen LogP) is 4.01. The maximum atomic E-state index is 12.9. The number of amides is 2. The van der Waals surface area contributed by atoms with Gasteiger partial charge < -0.3 is 10.2 Å². The van der Waals surface area contributed by atoms with Gasteiger partial charge in [-0.1, -0.05) is 36.4 Å². The van der Waals surface area contributed by atoms with Gasteiger partial charge in [0, 0.05) is 31.2 Å². The molecule has 0 spiro atoms. The molecule has 3 rings (SSSR count). The van der Waals surface area contributed by atoms with E-state index in [1.165, 1.54) is 6.07 Å². The van der Waals surface area contributed by atoms with Crippen LogP contribution in [0, 0.1) is 5.92 Å². The summed E-state index contributed by atoms with van der Waals surface area (Å²) in [4.78, 5) is 28.4. The lowest BCUT2D eigenvalue weighted by atomic mass is 9.95. The number of likely N-dealkylation sites (tertiary alicyclic amines) is 1. The Morgan fingerprint density at radius 1 is 1.06 bits per heavy atom. The van der Waals surface area contributed by atoms with Crippen LogP contribution in [0.25, 0.3) is 0 Å². The van der Waals surface area contributed by atoms with E-state index in [0.29, 0.717) is 31.5 Å². The third kappa shape index (κ3) is 6.55. The molecule has 1 aliphatic rings. The van der Waals surface area contributed by atoms with Crippen LogP contribution in [-0.4, -0.2) is 48.3 Å². The summed E-state index contributed by atoms with van der Waals surface area (Å²) < 4.78 is 38.6. The lowest BCUT2D eigenvalue weighted by molar-refractivity contribution is -0.138. The van der Waals surface area contributed by atoms with E-state index in [1.807, 2.05) is 30.3 Å². The molecular weight excluding hydrogens is 407 g/mol. The number of rotatable bonds is 6. The molecule has 0 saturated carbocycles. The zero-order valence-corrected chi connectivity index (χ0v) is 17.4. The molecule has 2 aromatic carbocycles. The monoisotopic (exact) mass is 433 g/mol. The zero-order valence-electron chi connectivity index (χ0n) is 17.4. The van der Waals surface area contributed by atoms with Crippen molar-refractivity contribution in [3.8, 4) is 0 Å². The number of nitrogens with one attached hydrogen (secondary N) is 1. The second kappa shape index (κ2) is 9.96. The van der Waals surface area contributed by atoms with Crippen LogP contribution in [0.1, 0.15) is 24.0 Å². The number of piperidine rings is 1. The number of carbonyl (C=O) groups is 2. The fraction of sp³-hybridized carbons (Fsp3) is 0.391. The smallest absolute Gasteiger partial charge is 0.342 e. The van der Waals surface area contributed by atoms with Crippen molar-refractivity contribution in [1.29, 1.82) is 0 Å². The Hall–Kier alpha value is -2.87. The van der Waals surface area contributed by atoms with Crippen LogP contribution in [0.4, 0.5) is 18.9 Å². The first-order valence-electron chi connectivity index (χ1n) is 10.2. The summed E-state index contributed by atoms with van der Waals surface area (Å²) in [6.45, 7) is 1.33. The van der Waals surface area contributed by atoms with Gasteiger partial charge in [0.1, 0.15) is 0 Å². The molecule has 1 heterocycles. The maximum absolute atomic E-state index is 12.9. The number of para-hydroxylation sites is 1. The highest BCUT2D eigenvalue weighted by Gasteiger charge is 2.31. The fourth-order valence-corrected chi connectivity index (χ4v) is 3.70. The number of carbonyl (C=O) groups excluding carboxylic acids is 2. The first kappa shape index (κ1) is 22.8. The van der Waals surface area contributed by atoms with Crippen molar-refractivity contribution in [3.63, 3.8) is 0 Å². The maximum Gasteiger partial charge on any atom is 0.416 e. The van der Waals surface area contributed by atoms with Crippen molar-refractivity contribution in [2.45, 2.75) is 25.6 Å². The summed E-state index contributed by atoms with van der Waals surface area (Å²) in [6, 6.07) is 14.4. The zero-order chi connectivity index (χ0) is 22.4. The number of hydrogen-bond acceptors (Lipinski definition) is 3. The van der Waals surface area contributed by atoms with Gasteiger partial charge in [-0.2, -0.15) is 13.2 Å². The van der Waals surface area contributed by atoms with Gasteiger partial charge in [0.2, 0.25) is 11.8 Å². The van der Waals surface area contributed by atoms with Crippen molar-refractivity contribution in [2.24, 2.45) is 5.92 Å². The standard InChI is InChI=1S/C23H26F3N3O2/c1-28(15-17-6-5-7-19(14-17)23(24,25)26)16-21(30)29-12-10-18(11-13-29)22(31)27-20-8-3-2-4-9-20/h2-9,14,18H,10-13,15-16H2,1H3,(H,27,31). The molecule has 1 aliphatic heterocycles. The Bertz CT molecular complexity index is 894. The average molecular weight is 433 g/mol. The topological polar surface area (TPSA) is 52.7 Å². The third-order valence-electron chi connectivity index (χ3n) is 5.37. The molecule has 8 heteroatoms.